The summed E-state index contributed by atoms with van der Waals surface area (Å²) >= 11 is 0. The smallest absolute Gasteiger partial charge is 0.335 e. The number of rotatable bonds is 5. The SMILES string of the molecule is O=C(O)c1cccc(CS(=O)(=O)N2CCC(CO)C2)c1. The van der Waals surface area contributed by atoms with E-state index in [9.17, 15) is 13.2 Å². The van der Waals surface area contributed by atoms with E-state index < -0.39 is 16.0 Å². The van der Waals surface area contributed by atoms with Crippen LogP contribution in [-0.2, 0) is 15.8 Å². The highest BCUT2D eigenvalue weighted by molar-refractivity contribution is 7.88. The number of nitrogens with zero attached hydrogens (tertiary/aromatic N) is 1. The first-order chi connectivity index (χ1) is 9.42. The molecule has 0 aromatic heterocycles. The van der Waals surface area contributed by atoms with E-state index in [2.05, 4.69) is 0 Å². The molecule has 2 rings (SSSR count). The number of aliphatic hydroxyl groups is 1. The number of carboxylic acid groups (broad SMARTS) is 1. The van der Waals surface area contributed by atoms with Gasteiger partial charge in [0.25, 0.3) is 0 Å². The molecule has 0 radical (unpaired) electrons. The quantitative estimate of drug-likeness (QED) is 0.827. The second-order valence-corrected chi connectivity index (χ2v) is 6.93. The zero-order valence-corrected chi connectivity index (χ0v) is 11.7. The second-order valence-electron chi connectivity index (χ2n) is 4.96. The monoisotopic (exact) mass is 299 g/mol. The van der Waals surface area contributed by atoms with Gasteiger partial charge in [0.1, 0.15) is 0 Å². The summed E-state index contributed by atoms with van der Waals surface area (Å²) < 4.78 is 25.8. The van der Waals surface area contributed by atoms with Crippen LogP contribution in [0, 0.1) is 5.92 Å². The third-order valence-corrected chi connectivity index (χ3v) is 5.24. The van der Waals surface area contributed by atoms with Crippen molar-refractivity contribution in [1.29, 1.82) is 0 Å². The molecule has 1 atom stereocenters. The molecule has 1 heterocycles. The minimum Gasteiger partial charge on any atom is -0.478 e. The maximum atomic E-state index is 12.2. The van der Waals surface area contributed by atoms with Crippen LogP contribution in [0.1, 0.15) is 22.3 Å². The van der Waals surface area contributed by atoms with Gasteiger partial charge in [0, 0.05) is 19.7 Å². The molecule has 1 aliphatic rings. The zero-order valence-electron chi connectivity index (χ0n) is 10.9. The molecule has 0 amide bonds. The summed E-state index contributed by atoms with van der Waals surface area (Å²) in [4.78, 5) is 10.9. The number of hydrogen-bond acceptors (Lipinski definition) is 4. The van der Waals surface area contributed by atoms with E-state index in [1.807, 2.05) is 0 Å². The summed E-state index contributed by atoms with van der Waals surface area (Å²) in [6.07, 6.45) is 0.658. The van der Waals surface area contributed by atoms with Gasteiger partial charge in [-0.1, -0.05) is 12.1 Å². The average Bonchev–Trinajstić information content (AvgIpc) is 2.88. The number of carboxylic acids is 1. The minimum absolute atomic E-state index is 0.00451. The molecule has 1 unspecified atom stereocenters. The van der Waals surface area contributed by atoms with Gasteiger partial charge in [-0.05, 0) is 30.0 Å². The fourth-order valence-corrected chi connectivity index (χ4v) is 3.90. The highest BCUT2D eigenvalue weighted by atomic mass is 32.2. The summed E-state index contributed by atoms with van der Waals surface area (Å²) in [5, 5.41) is 17.9. The van der Waals surface area contributed by atoms with Gasteiger partial charge in [0.05, 0.1) is 11.3 Å². The third kappa shape index (κ3) is 3.36. The average molecular weight is 299 g/mol. The molecule has 0 bridgehead atoms. The summed E-state index contributed by atoms with van der Waals surface area (Å²) in [5.74, 6) is -1.30. The maximum Gasteiger partial charge on any atom is 0.335 e. The van der Waals surface area contributed by atoms with Crippen molar-refractivity contribution >= 4 is 16.0 Å². The van der Waals surface area contributed by atoms with Crippen molar-refractivity contribution in [3.63, 3.8) is 0 Å². The molecule has 7 heteroatoms. The van der Waals surface area contributed by atoms with Gasteiger partial charge in [0.2, 0.25) is 10.0 Å². The lowest BCUT2D eigenvalue weighted by Crippen LogP contribution is -2.30. The first-order valence-electron chi connectivity index (χ1n) is 6.33. The van der Waals surface area contributed by atoms with Gasteiger partial charge in [-0.3, -0.25) is 0 Å². The highest BCUT2D eigenvalue weighted by Crippen LogP contribution is 2.21. The molecular weight excluding hydrogens is 282 g/mol. The molecule has 2 N–H and O–H groups in total. The predicted octanol–water partition coefficient (Wildman–Crippen LogP) is 0.529. The summed E-state index contributed by atoms with van der Waals surface area (Å²) in [6, 6.07) is 5.94. The second kappa shape index (κ2) is 5.90. The van der Waals surface area contributed by atoms with Gasteiger partial charge in [-0.2, -0.15) is 0 Å². The Kier molecular flexibility index (Phi) is 4.42. The lowest BCUT2D eigenvalue weighted by molar-refractivity contribution is 0.0696. The zero-order chi connectivity index (χ0) is 14.8. The Morgan fingerprint density at radius 3 is 2.75 bits per heavy atom. The molecule has 20 heavy (non-hydrogen) atoms. The van der Waals surface area contributed by atoms with Crippen LogP contribution in [0.3, 0.4) is 0 Å². The standard InChI is InChI=1S/C13H17NO5S/c15-8-11-4-5-14(7-11)20(18,19)9-10-2-1-3-12(6-10)13(16)17/h1-3,6,11,15H,4-5,7-9H2,(H,16,17). The Morgan fingerprint density at radius 1 is 1.40 bits per heavy atom. The topological polar surface area (TPSA) is 94.9 Å². The van der Waals surface area contributed by atoms with E-state index in [1.54, 1.807) is 6.07 Å². The first-order valence-corrected chi connectivity index (χ1v) is 7.94. The van der Waals surface area contributed by atoms with Crippen LogP contribution >= 0.6 is 0 Å². The van der Waals surface area contributed by atoms with E-state index in [0.29, 0.717) is 25.1 Å². The van der Waals surface area contributed by atoms with E-state index in [1.165, 1.54) is 22.5 Å². The van der Waals surface area contributed by atoms with Crippen LogP contribution in [0.4, 0.5) is 0 Å². The van der Waals surface area contributed by atoms with Crippen LogP contribution in [0.25, 0.3) is 0 Å². The summed E-state index contributed by atoms with van der Waals surface area (Å²) in [6.45, 7) is 0.726. The fraction of sp³-hybridized carbons (Fsp3) is 0.462. The van der Waals surface area contributed by atoms with Crippen molar-refractivity contribution in [3.05, 3.63) is 35.4 Å². The van der Waals surface area contributed by atoms with Gasteiger partial charge in [-0.25, -0.2) is 17.5 Å². The minimum atomic E-state index is -3.47. The van der Waals surface area contributed by atoms with Crippen molar-refractivity contribution in [3.8, 4) is 0 Å². The molecule has 0 aliphatic carbocycles. The molecular formula is C13H17NO5S. The number of aromatic carboxylic acids is 1. The van der Waals surface area contributed by atoms with Gasteiger partial charge in [-0.15, -0.1) is 0 Å². The molecule has 1 fully saturated rings. The fourth-order valence-electron chi connectivity index (χ4n) is 2.29. The summed E-state index contributed by atoms with van der Waals surface area (Å²) in [7, 11) is -3.47. The van der Waals surface area contributed by atoms with Gasteiger partial charge >= 0.3 is 5.97 Å². The molecule has 1 aromatic carbocycles. The number of carbonyl (C=O) groups is 1. The van der Waals surface area contributed by atoms with Crippen LogP contribution in [0.5, 0.6) is 0 Å². The van der Waals surface area contributed by atoms with Crippen LogP contribution in [-0.4, -0.2) is 48.6 Å². The van der Waals surface area contributed by atoms with E-state index in [0.717, 1.165) is 0 Å². The van der Waals surface area contributed by atoms with Crippen molar-refractivity contribution < 1.29 is 23.4 Å². The predicted molar refractivity (Wildman–Crippen MR) is 72.8 cm³/mol. The number of aliphatic hydroxyl groups excluding tert-OH is 1. The Hall–Kier alpha value is -1.44. The molecule has 0 spiro atoms. The van der Waals surface area contributed by atoms with Crippen LogP contribution in [0.15, 0.2) is 24.3 Å². The van der Waals surface area contributed by atoms with Gasteiger partial charge < -0.3 is 10.2 Å². The lowest BCUT2D eigenvalue weighted by atomic mass is 10.1. The van der Waals surface area contributed by atoms with Crippen LogP contribution in [0.2, 0.25) is 0 Å². The number of sulfonamides is 1. The van der Waals surface area contributed by atoms with E-state index in [-0.39, 0.29) is 23.8 Å². The Balaban J connectivity index is 2.12. The Labute approximate surface area is 117 Å². The van der Waals surface area contributed by atoms with Gasteiger partial charge in [0.15, 0.2) is 0 Å². The largest absolute Gasteiger partial charge is 0.478 e. The van der Waals surface area contributed by atoms with E-state index in [4.69, 9.17) is 10.2 Å². The van der Waals surface area contributed by atoms with Crippen molar-refractivity contribution in [2.45, 2.75) is 12.2 Å². The number of hydrogen-bond donors (Lipinski definition) is 2. The molecule has 1 aromatic rings. The summed E-state index contributed by atoms with van der Waals surface area (Å²) in [5.41, 5.74) is 0.532. The molecule has 110 valence electrons. The molecule has 6 nitrogen and oxygen atoms in total. The first kappa shape index (κ1) is 15.0. The number of benzene rings is 1. The van der Waals surface area contributed by atoms with E-state index >= 15 is 0 Å². The maximum absolute atomic E-state index is 12.2. The Bertz CT molecular complexity index is 599. The molecule has 1 aliphatic heterocycles. The van der Waals surface area contributed by atoms with Crippen molar-refractivity contribution in [1.82, 2.24) is 4.31 Å². The van der Waals surface area contributed by atoms with Crippen LogP contribution < -0.4 is 0 Å². The normalized spacial score (nSPS) is 20.1. The third-order valence-electron chi connectivity index (χ3n) is 3.42. The van der Waals surface area contributed by atoms with Crippen molar-refractivity contribution in [2.24, 2.45) is 5.92 Å². The Morgan fingerprint density at radius 2 is 2.15 bits per heavy atom. The molecule has 1 saturated heterocycles. The highest BCUT2D eigenvalue weighted by Gasteiger charge is 2.31. The lowest BCUT2D eigenvalue weighted by Gasteiger charge is -2.16. The van der Waals surface area contributed by atoms with Crippen molar-refractivity contribution in [2.75, 3.05) is 19.7 Å². The molecule has 0 saturated carbocycles.